The van der Waals surface area contributed by atoms with Gasteiger partial charge in [0.05, 0.1) is 6.04 Å². The fourth-order valence-corrected chi connectivity index (χ4v) is 5.48. The lowest BCUT2D eigenvalue weighted by atomic mass is 10.0. The van der Waals surface area contributed by atoms with Crippen LogP contribution < -0.4 is 77.8 Å². The van der Waals surface area contributed by atoms with Gasteiger partial charge < -0.3 is 77.8 Å². The van der Waals surface area contributed by atoms with E-state index in [1.165, 1.54) is 0 Å². The summed E-state index contributed by atoms with van der Waals surface area (Å²) < 4.78 is 0. The number of amides is 10. The molecule has 0 aromatic rings. The van der Waals surface area contributed by atoms with E-state index in [9.17, 15) is 47.9 Å². The predicted octanol–water partition coefficient (Wildman–Crippen LogP) is -6.48. The van der Waals surface area contributed by atoms with Crippen molar-refractivity contribution in [3.05, 3.63) is 0 Å². The van der Waals surface area contributed by atoms with E-state index in [-0.39, 0.29) is 89.8 Å². The molecule has 0 aliphatic carbocycles. The number of rotatable bonds is 33. The molecular weight excluding hydrogens is 776 g/mol. The summed E-state index contributed by atoms with van der Waals surface area (Å²) in [5.74, 6) is -8.13. The van der Waals surface area contributed by atoms with Gasteiger partial charge in [0.1, 0.15) is 30.2 Å². The van der Waals surface area contributed by atoms with Crippen LogP contribution in [0.1, 0.15) is 96.8 Å². The number of hydrogen-bond donors (Lipinski definition) is 14. The minimum Gasteiger partial charge on any atom is -0.370 e. The zero-order valence-electron chi connectivity index (χ0n) is 33.8. The van der Waals surface area contributed by atoms with Gasteiger partial charge in [0, 0.05) is 31.7 Å². The smallest absolute Gasteiger partial charge is 0.243 e. The van der Waals surface area contributed by atoms with E-state index in [1.807, 2.05) is 0 Å². The average Bonchev–Trinajstić information content (AvgIpc) is 3.16. The lowest BCUT2D eigenvalue weighted by molar-refractivity contribution is -0.136. The molecule has 24 nitrogen and oxygen atoms in total. The van der Waals surface area contributed by atoms with Gasteiger partial charge in [0.2, 0.25) is 59.1 Å². The summed E-state index contributed by atoms with van der Waals surface area (Å²) in [5, 5.41) is 15.2. The topological polar surface area (TPSA) is 451 Å². The second kappa shape index (κ2) is 29.7. The Balaban J connectivity index is 6.37. The van der Waals surface area contributed by atoms with E-state index >= 15 is 0 Å². The molecule has 0 aromatic heterocycles. The summed E-state index contributed by atoms with van der Waals surface area (Å²) in [5.41, 5.74) is 43.8. The first-order valence-electron chi connectivity index (χ1n) is 19.6. The minimum atomic E-state index is -1.51. The van der Waals surface area contributed by atoms with Crippen LogP contribution in [0, 0.1) is 0 Å². The van der Waals surface area contributed by atoms with Crippen LogP contribution in [-0.4, -0.2) is 121 Å². The van der Waals surface area contributed by atoms with Crippen LogP contribution in [-0.2, 0) is 47.9 Å². The molecule has 10 amide bonds. The molecule has 0 aromatic carbocycles. The number of carbonyl (C=O) groups is 10. The van der Waals surface area contributed by atoms with Crippen molar-refractivity contribution >= 4 is 59.1 Å². The van der Waals surface area contributed by atoms with Gasteiger partial charge in [-0.15, -0.1) is 0 Å². The summed E-state index contributed by atoms with van der Waals surface area (Å²) in [7, 11) is 0. The van der Waals surface area contributed by atoms with Crippen molar-refractivity contribution in [3.63, 3.8) is 0 Å². The Labute approximate surface area is 343 Å². The normalized spacial score (nSPS) is 14.5. The number of primary amides is 4. The first-order valence-corrected chi connectivity index (χ1v) is 19.6. The minimum absolute atomic E-state index is 0.0264. The molecule has 0 fully saturated rings. The molecule has 24 heteroatoms. The van der Waals surface area contributed by atoms with Gasteiger partial charge in [-0.25, -0.2) is 0 Å². The van der Waals surface area contributed by atoms with Crippen molar-refractivity contribution in [3.8, 4) is 0 Å². The number of hydrogen-bond acceptors (Lipinski definition) is 14. The number of nitrogens with one attached hydrogen (secondary N) is 6. The molecule has 0 aliphatic rings. The van der Waals surface area contributed by atoms with Crippen LogP contribution in [0.4, 0.5) is 0 Å². The highest BCUT2D eigenvalue weighted by atomic mass is 16.2. The van der Waals surface area contributed by atoms with E-state index in [0.717, 1.165) is 0 Å². The van der Waals surface area contributed by atoms with E-state index in [4.69, 9.17) is 45.9 Å². The van der Waals surface area contributed by atoms with Gasteiger partial charge in [0.15, 0.2) is 0 Å². The van der Waals surface area contributed by atoms with Crippen molar-refractivity contribution in [2.45, 2.75) is 139 Å². The lowest BCUT2D eigenvalue weighted by Gasteiger charge is -2.27. The molecular formula is C35H66N14O10. The summed E-state index contributed by atoms with van der Waals surface area (Å²) in [6.45, 7) is 2.31. The van der Waals surface area contributed by atoms with Gasteiger partial charge in [-0.05, 0) is 90.8 Å². The Morgan fingerprint density at radius 3 is 0.932 bits per heavy atom. The molecule has 0 saturated carbocycles. The molecule has 7 atom stereocenters. The van der Waals surface area contributed by atoms with E-state index in [1.54, 1.807) is 6.92 Å². The highest BCUT2D eigenvalue weighted by Gasteiger charge is 2.33. The van der Waals surface area contributed by atoms with Crippen LogP contribution in [0.5, 0.6) is 0 Å². The Hall–Kier alpha value is -5.46. The Morgan fingerprint density at radius 1 is 0.373 bits per heavy atom. The summed E-state index contributed by atoms with van der Waals surface area (Å²) in [4.78, 5) is 127. The third-order valence-electron chi connectivity index (χ3n) is 8.87. The monoisotopic (exact) mass is 843 g/mol. The standard InChI is InChI=1S/C35H66N14O10/c1-19(5-2-16-36)44-31(55)23(9-13-27(41)51)48-32(56)21(6-3-17-37)47-35(59)25(11-15-29(43)53)49-33(57)22(7-4-18-38)46-34(58)24(10-14-28(42)52)45-30(54)20(39)8-12-26(40)50/h19-25H,2-18,36-39H2,1H3,(H2,40,50)(H2,41,51)(H2,42,52)(H2,43,53)(H,44,55)(H,45,54)(H,46,58)(H,47,59)(H,48,56)(H,49,57)/t19-,20+,21+,22+,23+,24+,25+/m1/s1. The molecule has 59 heavy (non-hydrogen) atoms. The molecule has 0 radical (unpaired) electrons. The lowest BCUT2D eigenvalue weighted by Crippen LogP contribution is -2.59. The molecule has 22 N–H and O–H groups in total. The van der Waals surface area contributed by atoms with Crippen molar-refractivity contribution < 1.29 is 47.9 Å². The maximum atomic E-state index is 13.8. The van der Waals surface area contributed by atoms with Crippen molar-refractivity contribution in [2.75, 3.05) is 19.6 Å². The average molecular weight is 843 g/mol. The quantitative estimate of drug-likeness (QED) is 0.0292. The third-order valence-corrected chi connectivity index (χ3v) is 8.87. The maximum Gasteiger partial charge on any atom is 0.243 e. The predicted molar refractivity (Wildman–Crippen MR) is 214 cm³/mol. The fourth-order valence-electron chi connectivity index (χ4n) is 5.48. The Morgan fingerprint density at radius 2 is 0.627 bits per heavy atom. The van der Waals surface area contributed by atoms with Crippen molar-refractivity contribution in [1.29, 1.82) is 0 Å². The largest absolute Gasteiger partial charge is 0.370 e. The van der Waals surface area contributed by atoms with Crippen molar-refractivity contribution in [1.82, 2.24) is 31.9 Å². The van der Waals surface area contributed by atoms with Crippen LogP contribution in [0.3, 0.4) is 0 Å². The molecule has 336 valence electrons. The Bertz CT molecular complexity index is 1430. The molecule has 0 rings (SSSR count). The molecule has 0 unspecified atom stereocenters. The van der Waals surface area contributed by atoms with Crippen LogP contribution >= 0.6 is 0 Å². The van der Waals surface area contributed by atoms with Gasteiger partial charge >= 0.3 is 0 Å². The molecule has 0 aliphatic heterocycles. The highest BCUT2D eigenvalue weighted by Crippen LogP contribution is 2.09. The summed E-state index contributed by atoms with van der Waals surface area (Å²) in [6.07, 6.45) is -0.692. The maximum absolute atomic E-state index is 13.8. The van der Waals surface area contributed by atoms with Gasteiger partial charge in [-0.2, -0.15) is 0 Å². The fraction of sp³-hybridized carbons (Fsp3) is 0.714. The van der Waals surface area contributed by atoms with Crippen molar-refractivity contribution in [2.24, 2.45) is 45.9 Å². The van der Waals surface area contributed by atoms with E-state index < -0.39 is 102 Å². The van der Waals surface area contributed by atoms with Crippen LogP contribution in [0.2, 0.25) is 0 Å². The third kappa shape index (κ3) is 24.2. The molecule has 0 spiro atoms. The first kappa shape index (κ1) is 53.5. The summed E-state index contributed by atoms with van der Waals surface area (Å²) in [6, 6.07) is -8.46. The van der Waals surface area contributed by atoms with E-state index in [0.29, 0.717) is 19.4 Å². The molecule has 0 bridgehead atoms. The second-order valence-corrected chi connectivity index (χ2v) is 14.1. The summed E-state index contributed by atoms with van der Waals surface area (Å²) >= 11 is 0. The Kier molecular flexibility index (Phi) is 27.0. The first-order chi connectivity index (χ1) is 27.7. The zero-order valence-corrected chi connectivity index (χ0v) is 33.8. The van der Waals surface area contributed by atoms with Gasteiger partial charge in [0.25, 0.3) is 0 Å². The number of carbonyl (C=O) groups excluding carboxylic acids is 10. The van der Waals surface area contributed by atoms with Gasteiger partial charge in [-0.1, -0.05) is 0 Å². The molecule has 0 saturated heterocycles. The van der Waals surface area contributed by atoms with E-state index in [2.05, 4.69) is 31.9 Å². The highest BCUT2D eigenvalue weighted by molar-refractivity contribution is 5.97. The second-order valence-electron chi connectivity index (χ2n) is 14.1. The SMILES string of the molecule is C[C@H](CCCN)NC(=O)[C@H](CCC(N)=O)NC(=O)[C@H](CCCN)NC(=O)[C@H](CCC(N)=O)NC(=O)[C@H](CCCN)NC(=O)[C@H](CCC(N)=O)NC(=O)[C@@H](N)CCC(N)=O. The van der Waals surface area contributed by atoms with Gasteiger partial charge in [-0.3, -0.25) is 47.9 Å². The van der Waals surface area contributed by atoms with Crippen LogP contribution in [0.25, 0.3) is 0 Å². The number of nitrogens with two attached hydrogens (primary N) is 8. The van der Waals surface area contributed by atoms with Crippen LogP contribution in [0.15, 0.2) is 0 Å². The zero-order chi connectivity index (χ0) is 45.1. The molecule has 0 heterocycles.